The number of phenolic OH excluding ortho intramolecular Hbond substituents is 1. The standard InChI is InChI=1S/C11H15N5O2/c1-2-3-8-13-16(15-14-12)11(18)9-6-4-5-7-10(9)17/h4-7,13,17H,2-3,8H2,1H3. The molecule has 18 heavy (non-hydrogen) atoms. The topological polar surface area (TPSA) is 101 Å². The molecule has 0 atom stereocenters. The van der Waals surface area contributed by atoms with Crippen molar-refractivity contribution in [2.24, 2.45) is 5.22 Å². The van der Waals surface area contributed by atoms with Crippen LogP contribution in [0, 0.1) is 0 Å². The number of rotatable bonds is 6. The molecule has 0 aromatic heterocycles. The van der Waals surface area contributed by atoms with E-state index in [4.69, 9.17) is 5.53 Å². The van der Waals surface area contributed by atoms with Crippen molar-refractivity contribution >= 4 is 5.91 Å². The second-order valence-corrected chi connectivity index (χ2v) is 3.57. The number of carbonyl (C=O) groups excluding carboxylic acids is 1. The molecule has 0 aliphatic carbocycles. The summed E-state index contributed by atoms with van der Waals surface area (Å²) < 4.78 is 0. The van der Waals surface area contributed by atoms with Crippen LogP contribution >= 0.6 is 0 Å². The molecule has 0 unspecified atom stereocenters. The van der Waals surface area contributed by atoms with Crippen molar-refractivity contribution in [1.29, 1.82) is 0 Å². The second-order valence-electron chi connectivity index (χ2n) is 3.57. The van der Waals surface area contributed by atoms with Gasteiger partial charge in [0.05, 0.1) is 0 Å². The van der Waals surface area contributed by atoms with Gasteiger partial charge in [-0.25, -0.2) is 4.79 Å². The quantitative estimate of drug-likeness (QED) is 0.266. The molecule has 1 aromatic rings. The number of benzene rings is 1. The molecule has 0 radical (unpaired) electrons. The van der Waals surface area contributed by atoms with Crippen molar-refractivity contribution in [3.8, 4) is 5.75 Å². The number of carbonyl (C=O) groups is 1. The highest BCUT2D eigenvalue weighted by Gasteiger charge is 2.22. The van der Waals surface area contributed by atoms with E-state index in [1.54, 1.807) is 12.1 Å². The average Bonchev–Trinajstić information content (AvgIpc) is 2.38. The number of hydrogen-bond donors (Lipinski definition) is 2. The van der Waals surface area contributed by atoms with Gasteiger partial charge in [0.15, 0.2) is 0 Å². The van der Waals surface area contributed by atoms with E-state index in [9.17, 15) is 9.90 Å². The van der Waals surface area contributed by atoms with Crippen LogP contribution in [0.15, 0.2) is 29.5 Å². The van der Waals surface area contributed by atoms with E-state index >= 15 is 0 Å². The fourth-order valence-corrected chi connectivity index (χ4v) is 1.31. The van der Waals surface area contributed by atoms with Crippen LogP contribution in [0.1, 0.15) is 30.1 Å². The van der Waals surface area contributed by atoms with Crippen molar-refractivity contribution in [3.63, 3.8) is 0 Å². The van der Waals surface area contributed by atoms with Gasteiger partial charge < -0.3 is 5.11 Å². The fraction of sp³-hybridized carbons (Fsp3) is 0.364. The largest absolute Gasteiger partial charge is 0.507 e. The Kier molecular flexibility index (Phi) is 5.50. The molecule has 7 nitrogen and oxygen atoms in total. The number of amides is 1. The summed E-state index contributed by atoms with van der Waals surface area (Å²) in [6, 6.07) is 6.08. The van der Waals surface area contributed by atoms with Crippen LogP contribution in [0.5, 0.6) is 5.75 Å². The normalized spacial score (nSPS) is 9.61. The number of aromatic hydroxyl groups is 1. The average molecular weight is 249 g/mol. The lowest BCUT2D eigenvalue weighted by molar-refractivity contribution is 0.0656. The molecule has 0 spiro atoms. The van der Waals surface area contributed by atoms with E-state index < -0.39 is 5.91 Å². The molecule has 0 bridgehead atoms. The third kappa shape index (κ3) is 3.65. The summed E-state index contributed by atoms with van der Waals surface area (Å²) in [7, 11) is 0. The monoisotopic (exact) mass is 249 g/mol. The summed E-state index contributed by atoms with van der Waals surface area (Å²) >= 11 is 0. The minimum atomic E-state index is -0.595. The van der Waals surface area contributed by atoms with Crippen molar-refractivity contribution in [1.82, 2.24) is 10.5 Å². The molecule has 96 valence electrons. The number of nitrogens with one attached hydrogen (secondary N) is 1. The third-order valence-corrected chi connectivity index (χ3v) is 2.25. The number of hydrogen-bond acceptors (Lipinski definition) is 4. The van der Waals surface area contributed by atoms with E-state index in [1.165, 1.54) is 12.1 Å². The molecule has 1 aromatic carbocycles. The Morgan fingerprint density at radius 3 is 2.89 bits per heavy atom. The minimum Gasteiger partial charge on any atom is -0.507 e. The van der Waals surface area contributed by atoms with Crippen LogP contribution in [0.3, 0.4) is 0 Å². The van der Waals surface area contributed by atoms with Crippen LogP contribution < -0.4 is 5.43 Å². The maximum atomic E-state index is 12.0. The van der Waals surface area contributed by atoms with Crippen LogP contribution in [0.2, 0.25) is 0 Å². The van der Waals surface area contributed by atoms with Crippen LogP contribution in [-0.4, -0.2) is 22.7 Å². The molecule has 1 amide bonds. The first kappa shape index (κ1) is 13.8. The zero-order valence-corrected chi connectivity index (χ0v) is 10.1. The van der Waals surface area contributed by atoms with Crippen molar-refractivity contribution in [3.05, 3.63) is 40.3 Å². The summed E-state index contributed by atoms with van der Waals surface area (Å²) in [4.78, 5) is 14.6. The first-order chi connectivity index (χ1) is 8.70. The Labute approximate surface area is 105 Å². The van der Waals surface area contributed by atoms with Crippen molar-refractivity contribution in [2.45, 2.75) is 19.8 Å². The number of unbranched alkanes of at least 4 members (excludes halogenated alkanes) is 1. The van der Waals surface area contributed by atoms with Gasteiger partial charge in [-0.05, 0) is 18.6 Å². The molecule has 0 saturated heterocycles. The highest BCUT2D eigenvalue weighted by molar-refractivity contribution is 5.96. The SMILES string of the molecule is CCCCNN(N=[N+]=[N-])C(=O)c1ccccc1O. The van der Waals surface area contributed by atoms with Gasteiger partial charge in [-0.2, -0.15) is 10.3 Å². The summed E-state index contributed by atoms with van der Waals surface area (Å²) in [5.74, 6) is -0.750. The predicted octanol–water partition coefficient (Wildman–Crippen LogP) is 2.36. The Morgan fingerprint density at radius 1 is 1.56 bits per heavy atom. The molecule has 0 heterocycles. The number of nitrogens with zero attached hydrogens (tertiary/aromatic N) is 4. The fourth-order valence-electron chi connectivity index (χ4n) is 1.31. The van der Waals surface area contributed by atoms with Crippen molar-refractivity contribution in [2.75, 3.05) is 6.54 Å². The van der Waals surface area contributed by atoms with Gasteiger partial charge in [0.25, 0.3) is 0 Å². The molecule has 0 aliphatic rings. The van der Waals surface area contributed by atoms with Gasteiger partial charge in [-0.15, -0.1) is 5.53 Å². The maximum Gasteiger partial charge on any atom is 0.366 e. The van der Waals surface area contributed by atoms with Gasteiger partial charge >= 0.3 is 5.91 Å². The second kappa shape index (κ2) is 7.16. The minimum absolute atomic E-state index is 0.0777. The number of azide groups is 1. The Morgan fingerprint density at radius 2 is 2.28 bits per heavy atom. The Hall–Kier alpha value is -2.24. The zero-order chi connectivity index (χ0) is 13.4. The third-order valence-electron chi connectivity index (χ3n) is 2.25. The molecular weight excluding hydrogens is 234 g/mol. The van der Waals surface area contributed by atoms with Gasteiger partial charge in [0.1, 0.15) is 11.3 Å². The maximum absolute atomic E-state index is 12.0. The first-order valence-electron chi connectivity index (χ1n) is 5.61. The lowest BCUT2D eigenvalue weighted by Gasteiger charge is -2.12. The number of hydrazine groups is 1. The molecule has 0 saturated carbocycles. The zero-order valence-electron chi connectivity index (χ0n) is 10.1. The molecule has 2 N–H and O–H groups in total. The summed E-state index contributed by atoms with van der Waals surface area (Å²) in [6.07, 6.45) is 1.79. The van der Waals surface area contributed by atoms with Crippen LogP contribution in [0.25, 0.3) is 10.4 Å². The van der Waals surface area contributed by atoms with E-state index in [0.29, 0.717) is 6.54 Å². The summed E-state index contributed by atoms with van der Waals surface area (Å²) in [5.41, 5.74) is 11.2. The first-order valence-corrected chi connectivity index (χ1v) is 5.61. The molecule has 0 aliphatic heterocycles. The van der Waals surface area contributed by atoms with Gasteiger partial charge in [-0.1, -0.05) is 30.6 Å². The van der Waals surface area contributed by atoms with Crippen LogP contribution in [-0.2, 0) is 0 Å². The van der Waals surface area contributed by atoms with Gasteiger partial charge in [-0.3, -0.25) is 0 Å². The van der Waals surface area contributed by atoms with E-state index in [2.05, 4.69) is 15.6 Å². The smallest absolute Gasteiger partial charge is 0.366 e. The van der Waals surface area contributed by atoms with Crippen molar-refractivity contribution < 1.29 is 9.90 Å². The summed E-state index contributed by atoms with van der Waals surface area (Å²) in [5, 5.41) is 13.6. The van der Waals surface area contributed by atoms with Crippen LogP contribution in [0.4, 0.5) is 0 Å². The summed E-state index contributed by atoms with van der Waals surface area (Å²) in [6.45, 7) is 2.51. The number of para-hydroxylation sites is 1. The Balaban J connectivity index is 2.83. The van der Waals surface area contributed by atoms with E-state index in [-0.39, 0.29) is 11.3 Å². The highest BCUT2D eigenvalue weighted by atomic mass is 16.3. The molecule has 1 rings (SSSR count). The molecule has 0 fully saturated rings. The van der Waals surface area contributed by atoms with Gasteiger partial charge in [0, 0.05) is 11.8 Å². The molecular formula is C11H15N5O2. The van der Waals surface area contributed by atoms with E-state index in [0.717, 1.165) is 18.0 Å². The lowest BCUT2D eigenvalue weighted by atomic mass is 10.2. The van der Waals surface area contributed by atoms with Gasteiger partial charge in [0.2, 0.25) is 0 Å². The predicted molar refractivity (Wildman–Crippen MR) is 66.3 cm³/mol. The Bertz CT molecular complexity index is 457. The number of phenols is 1. The highest BCUT2D eigenvalue weighted by Crippen LogP contribution is 2.17. The molecule has 7 heteroatoms. The van der Waals surface area contributed by atoms with E-state index in [1.807, 2.05) is 6.92 Å². The lowest BCUT2D eigenvalue weighted by Crippen LogP contribution is -2.38.